The van der Waals surface area contributed by atoms with E-state index in [2.05, 4.69) is 10.3 Å². The summed E-state index contributed by atoms with van der Waals surface area (Å²) < 4.78 is 0.816. The lowest BCUT2D eigenvalue weighted by atomic mass is 10.2. The lowest BCUT2D eigenvalue weighted by Gasteiger charge is -2.17. The quantitative estimate of drug-likeness (QED) is 0.553. The molecule has 1 amide bonds. The van der Waals surface area contributed by atoms with Gasteiger partial charge in [-0.25, -0.2) is 4.99 Å². The molecule has 9 heteroatoms. The van der Waals surface area contributed by atoms with Gasteiger partial charge in [0, 0.05) is 17.9 Å². The Balaban J connectivity index is 1.69. The van der Waals surface area contributed by atoms with Crippen molar-refractivity contribution in [3.05, 3.63) is 63.2 Å². The number of carbonyl (C=O) groups excluding carboxylic acids is 1. The molecule has 2 aromatic rings. The fourth-order valence-corrected chi connectivity index (χ4v) is 4.59. The fourth-order valence-electron chi connectivity index (χ4n) is 2.23. The second-order valence-electron chi connectivity index (χ2n) is 5.47. The summed E-state index contributed by atoms with van der Waals surface area (Å²) in [7, 11) is 0. The first-order chi connectivity index (χ1) is 12.4. The Morgan fingerprint density at radius 1 is 1.38 bits per heavy atom. The Morgan fingerprint density at radius 2 is 2.15 bits per heavy atom. The highest BCUT2D eigenvalue weighted by molar-refractivity contribution is 8.39. The number of anilines is 1. The zero-order valence-electron chi connectivity index (χ0n) is 13.6. The number of carbonyl (C=O) groups is 1. The zero-order chi connectivity index (χ0) is 18.7. The van der Waals surface area contributed by atoms with Gasteiger partial charge in [0.25, 0.3) is 5.69 Å². The minimum Gasteiger partial charge on any atom is -0.324 e. The van der Waals surface area contributed by atoms with Crippen molar-refractivity contribution in [1.82, 2.24) is 0 Å². The molecule has 1 unspecified atom stereocenters. The topological polar surface area (TPSA) is 84.6 Å². The number of hydrogen-bond acceptors (Lipinski definition) is 6. The molecule has 6 nitrogen and oxygen atoms in total. The third-order valence-corrected chi connectivity index (χ3v) is 6.25. The summed E-state index contributed by atoms with van der Waals surface area (Å²) in [5.41, 5.74) is 2.18. The van der Waals surface area contributed by atoms with Crippen LogP contribution in [0.4, 0.5) is 17.1 Å². The summed E-state index contributed by atoms with van der Waals surface area (Å²) in [5, 5.41) is 13.3. The number of aliphatic imine (C=N–C) groups is 1. The first-order valence-corrected chi connectivity index (χ1v) is 9.89. The first kappa shape index (κ1) is 18.8. The van der Waals surface area contributed by atoms with E-state index in [-0.39, 0.29) is 22.3 Å². The average molecular weight is 408 g/mol. The van der Waals surface area contributed by atoms with Gasteiger partial charge < -0.3 is 5.32 Å². The van der Waals surface area contributed by atoms with Gasteiger partial charge in [-0.2, -0.15) is 0 Å². The molecule has 1 aliphatic heterocycles. The van der Waals surface area contributed by atoms with Gasteiger partial charge in [0.05, 0.1) is 26.6 Å². The van der Waals surface area contributed by atoms with Crippen LogP contribution in [-0.2, 0) is 10.5 Å². The second kappa shape index (κ2) is 8.11. The standard InChI is InChI=1S/C17H14ClN3O3S2/c1-10(26-17-20-14-5-3-2-4-11(14)9-25-17)16(22)19-15-8-12(21(23)24)6-7-13(15)18/h2-8,10H,9H2,1H3,(H,19,22). The van der Waals surface area contributed by atoms with Gasteiger partial charge in [-0.05, 0) is 24.6 Å². The highest BCUT2D eigenvalue weighted by Crippen LogP contribution is 2.36. The molecule has 0 spiro atoms. The molecular weight excluding hydrogens is 394 g/mol. The third kappa shape index (κ3) is 4.38. The van der Waals surface area contributed by atoms with Gasteiger partial charge in [0.15, 0.2) is 0 Å². The van der Waals surface area contributed by atoms with Crippen LogP contribution in [0.2, 0.25) is 5.02 Å². The molecule has 0 saturated carbocycles. The number of nitro benzene ring substituents is 1. The molecule has 1 aliphatic rings. The van der Waals surface area contributed by atoms with Gasteiger partial charge >= 0.3 is 0 Å². The summed E-state index contributed by atoms with van der Waals surface area (Å²) in [6, 6.07) is 11.8. The molecule has 26 heavy (non-hydrogen) atoms. The number of nitrogens with zero attached hydrogens (tertiary/aromatic N) is 2. The summed E-state index contributed by atoms with van der Waals surface area (Å²) in [5.74, 6) is 0.520. The number of amides is 1. The van der Waals surface area contributed by atoms with Crippen molar-refractivity contribution in [2.24, 2.45) is 4.99 Å². The first-order valence-electron chi connectivity index (χ1n) is 7.65. The molecule has 134 valence electrons. The van der Waals surface area contributed by atoms with Crippen molar-refractivity contribution in [3.8, 4) is 0 Å². The van der Waals surface area contributed by atoms with E-state index in [1.165, 1.54) is 35.5 Å². The third-order valence-electron chi connectivity index (χ3n) is 3.62. The molecule has 1 atom stereocenters. The Bertz CT molecular complexity index is 905. The Hall–Kier alpha value is -2.03. The van der Waals surface area contributed by atoms with Crippen molar-refractivity contribution >= 4 is 62.5 Å². The van der Waals surface area contributed by atoms with Gasteiger partial charge in [-0.1, -0.05) is 53.3 Å². The molecular formula is C17H14ClN3O3S2. The van der Waals surface area contributed by atoms with E-state index < -0.39 is 10.2 Å². The van der Waals surface area contributed by atoms with Crippen molar-refractivity contribution in [3.63, 3.8) is 0 Å². The monoisotopic (exact) mass is 407 g/mol. The van der Waals surface area contributed by atoms with Crippen LogP contribution in [0.5, 0.6) is 0 Å². The Labute approximate surface area is 163 Å². The molecule has 0 bridgehead atoms. The van der Waals surface area contributed by atoms with Gasteiger partial charge in [0.2, 0.25) is 5.91 Å². The maximum Gasteiger partial charge on any atom is 0.271 e. The normalized spacial score (nSPS) is 14.2. The number of hydrogen-bond donors (Lipinski definition) is 1. The number of nitrogens with one attached hydrogen (secondary N) is 1. The number of nitro groups is 1. The predicted octanol–water partition coefficient (Wildman–Crippen LogP) is 5.24. The van der Waals surface area contributed by atoms with Crippen molar-refractivity contribution < 1.29 is 9.72 Å². The maximum atomic E-state index is 12.4. The second-order valence-corrected chi connectivity index (χ2v) is 8.42. The molecule has 3 rings (SSSR count). The predicted molar refractivity (Wildman–Crippen MR) is 109 cm³/mol. The largest absolute Gasteiger partial charge is 0.324 e. The van der Waals surface area contributed by atoms with Crippen LogP contribution in [0.3, 0.4) is 0 Å². The smallest absolute Gasteiger partial charge is 0.271 e. The average Bonchev–Trinajstić information content (AvgIpc) is 2.63. The van der Waals surface area contributed by atoms with Crippen LogP contribution < -0.4 is 5.32 Å². The Kier molecular flexibility index (Phi) is 5.85. The minimum absolute atomic E-state index is 0.131. The molecule has 0 fully saturated rings. The molecule has 0 aromatic heterocycles. The SMILES string of the molecule is CC(SC1=Nc2ccccc2CS1)C(=O)Nc1cc([N+](=O)[O-])ccc1Cl. The Morgan fingerprint density at radius 3 is 2.92 bits per heavy atom. The van der Waals surface area contributed by atoms with Crippen molar-refractivity contribution in [2.45, 2.75) is 17.9 Å². The number of thioether (sulfide) groups is 2. The summed E-state index contributed by atoms with van der Waals surface area (Å²) in [4.78, 5) is 27.4. The molecule has 0 aliphatic carbocycles. The van der Waals surface area contributed by atoms with Gasteiger partial charge in [0.1, 0.15) is 4.38 Å². The number of fused-ring (bicyclic) bond motifs is 1. The highest BCUT2D eigenvalue weighted by atomic mass is 35.5. The lowest BCUT2D eigenvalue weighted by molar-refractivity contribution is -0.384. The van der Waals surface area contributed by atoms with E-state index >= 15 is 0 Å². The van der Waals surface area contributed by atoms with Crippen molar-refractivity contribution in [2.75, 3.05) is 5.32 Å². The van der Waals surface area contributed by atoms with Crippen LogP contribution in [0.1, 0.15) is 12.5 Å². The number of benzene rings is 2. The molecule has 0 saturated heterocycles. The zero-order valence-corrected chi connectivity index (χ0v) is 16.0. The van der Waals surface area contributed by atoms with E-state index in [4.69, 9.17) is 11.6 Å². The van der Waals surface area contributed by atoms with E-state index in [1.54, 1.807) is 18.7 Å². The van der Waals surface area contributed by atoms with Crippen LogP contribution in [0.25, 0.3) is 0 Å². The van der Waals surface area contributed by atoms with Crippen molar-refractivity contribution in [1.29, 1.82) is 0 Å². The van der Waals surface area contributed by atoms with Crippen LogP contribution in [0, 0.1) is 10.1 Å². The number of halogens is 1. The molecule has 0 radical (unpaired) electrons. The highest BCUT2D eigenvalue weighted by Gasteiger charge is 2.21. The van der Waals surface area contributed by atoms with Gasteiger partial charge in [-0.15, -0.1) is 0 Å². The van der Waals surface area contributed by atoms with E-state index in [0.717, 1.165) is 15.8 Å². The number of rotatable bonds is 4. The summed E-state index contributed by atoms with van der Waals surface area (Å²) >= 11 is 8.96. The van der Waals surface area contributed by atoms with E-state index in [0.29, 0.717) is 0 Å². The molecule has 1 heterocycles. The number of para-hydroxylation sites is 1. The lowest BCUT2D eigenvalue weighted by Crippen LogP contribution is -2.23. The van der Waals surface area contributed by atoms with Crippen LogP contribution in [0.15, 0.2) is 47.5 Å². The summed E-state index contributed by atoms with van der Waals surface area (Å²) in [6.07, 6.45) is 0. The maximum absolute atomic E-state index is 12.4. The minimum atomic E-state index is -0.533. The van der Waals surface area contributed by atoms with Crippen LogP contribution in [-0.4, -0.2) is 20.5 Å². The van der Waals surface area contributed by atoms with Crippen LogP contribution >= 0.6 is 35.1 Å². The number of non-ortho nitro benzene ring substituents is 1. The fraction of sp³-hybridized carbons (Fsp3) is 0.176. The molecule has 1 N–H and O–H groups in total. The van der Waals surface area contributed by atoms with Gasteiger partial charge in [-0.3, -0.25) is 14.9 Å². The summed E-state index contributed by atoms with van der Waals surface area (Å²) in [6.45, 7) is 1.76. The molecule has 2 aromatic carbocycles. The van der Waals surface area contributed by atoms with E-state index in [9.17, 15) is 14.9 Å². The van der Waals surface area contributed by atoms with E-state index in [1.807, 2.05) is 24.3 Å².